The Morgan fingerprint density at radius 1 is 1.24 bits per heavy atom. The van der Waals surface area contributed by atoms with Crippen LogP contribution in [0.2, 0.25) is 0 Å². The highest BCUT2D eigenvalue weighted by atomic mass is 32.1. The maximum Gasteiger partial charge on any atom is 0.212 e. The molecule has 1 atom stereocenters. The Labute approximate surface area is 150 Å². The van der Waals surface area contributed by atoms with Crippen LogP contribution in [0, 0.1) is 27.7 Å². The zero-order valence-corrected chi connectivity index (χ0v) is 15.9. The summed E-state index contributed by atoms with van der Waals surface area (Å²) in [5.74, 6) is 0.850. The summed E-state index contributed by atoms with van der Waals surface area (Å²) in [6, 6.07) is 0. The van der Waals surface area contributed by atoms with Gasteiger partial charge in [-0.1, -0.05) is 16.5 Å². The summed E-state index contributed by atoms with van der Waals surface area (Å²) in [5.41, 5.74) is 4.25. The van der Waals surface area contributed by atoms with Gasteiger partial charge in [0.05, 0.1) is 29.8 Å². The average molecular weight is 361 g/mol. The van der Waals surface area contributed by atoms with Crippen LogP contribution in [0.5, 0.6) is 0 Å². The second-order valence-electron chi connectivity index (χ2n) is 6.72. The second kappa shape index (κ2) is 6.51. The first-order valence-corrected chi connectivity index (χ1v) is 9.40. The summed E-state index contributed by atoms with van der Waals surface area (Å²) in [4.78, 5) is 8.03. The summed E-state index contributed by atoms with van der Waals surface area (Å²) in [5, 5.41) is 9.61. The number of ether oxygens (including phenoxy) is 1. The van der Waals surface area contributed by atoms with Crippen LogP contribution >= 0.6 is 11.3 Å². The Hall–Kier alpha value is -1.77. The molecule has 8 heteroatoms. The molecule has 1 aliphatic rings. The molecule has 3 aromatic heterocycles. The highest BCUT2D eigenvalue weighted by molar-refractivity contribution is 7.16. The minimum atomic E-state index is 0.245. The van der Waals surface area contributed by atoms with Crippen molar-refractivity contribution in [2.24, 2.45) is 0 Å². The fraction of sp³-hybridized carbons (Fsp3) is 0.588. The third-order valence-electron chi connectivity index (χ3n) is 4.84. The van der Waals surface area contributed by atoms with E-state index in [-0.39, 0.29) is 6.10 Å². The zero-order chi connectivity index (χ0) is 17.6. The summed E-state index contributed by atoms with van der Waals surface area (Å²) in [6.45, 7) is 11.4. The van der Waals surface area contributed by atoms with Gasteiger partial charge >= 0.3 is 0 Å². The van der Waals surface area contributed by atoms with Gasteiger partial charge in [-0.3, -0.25) is 4.90 Å². The number of imidazole rings is 1. The van der Waals surface area contributed by atoms with E-state index >= 15 is 0 Å². The lowest BCUT2D eigenvalue weighted by Gasteiger charge is -2.16. The highest BCUT2D eigenvalue weighted by Crippen LogP contribution is 2.23. The lowest BCUT2D eigenvalue weighted by molar-refractivity contribution is 0.0452. The fourth-order valence-corrected chi connectivity index (χ4v) is 4.17. The van der Waals surface area contributed by atoms with Gasteiger partial charge in [-0.15, -0.1) is 0 Å². The van der Waals surface area contributed by atoms with E-state index < -0.39 is 0 Å². The van der Waals surface area contributed by atoms with Gasteiger partial charge in [-0.25, -0.2) is 9.50 Å². The van der Waals surface area contributed by atoms with Crippen LogP contribution in [-0.2, 0) is 17.9 Å². The second-order valence-corrected chi connectivity index (χ2v) is 7.88. The molecule has 0 bridgehead atoms. The lowest BCUT2D eigenvalue weighted by Crippen LogP contribution is -2.24. The molecule has 134 valence electrons. The number of aromatic nitrogens is 4. The number of nitrogens with zero attached hydrogens (tertiary/aromatic N) is 5. The molecule has 0 aromatic carbocycles. The zero-order valence-electron chi connectivity index (χ0n) is 15.1. The third kappa shape index (κ3) is 3.21. The molecular formula is C17H23N5O2S. The molecule has 1 fully saturated rings. The van der Waals surface area contributed by atoms with E-state index in [1.807, 2.05) is 25.3 Å². The predicted octanol–water partition coefficient (Wildman–Crippen LogP) is 2.80. The number of hydrogen-bond acceptors (Lipinski definition) is 7. The maximum absolute atomic E-state index is 6.10. The smallest absolute Gasteiger partial charge is 0.212 e. The topological polar surface area (TPSA) is 68.7 Å². The van der Waals surface area contributed by atoms with Crippen LogP contribution in [0.3, 0.4) is 0 Å². The van der Waals surface area contributed by atoms with Crippen molar-refractivity contribution in [1.82, 2.24) is 24.7 Å². The van der Waals surface area contributed by atoms with Crippen molar-refractivity contribution < 1.29 is 9.26 Å². The van der Waals surface area contributed by atoms with Crippen molar-refractivity contribution in [3.05, 3.63) is 33.4 Å². The number of aryl methyl sites for hydroxylation is 4. The Balaban J connectivity index is 1.38. The number of fused-ring (bicyclic) bond motifs is 1. The molecule has 4 rings (SSSR count). The van der Waals surface area contributed by atoms with Gasteiger partial charge < -0.3 is 9.26 Å². The van der Waals surface area contributed by atoms with Crippen LogP contribution in [-0.4, -0.2) is 43.8 Å². The van der Waals surface area contributed by atoms with Crippen molar-refractivity contribution >= 4 is 16.3 Å². The largest absolute Gasteiger partial charge is 0.372 e. The molecule has 3 aromatic rings. The SMILES string of the molecule is Cc1nn2c(CN3CCC(OCc4c(C)noc4C)C3)c(C)nc2s1. The van der Waals surface area contributed by atoms with Gasteiger partial charge in [0.25, 0.3) is 0 Å². The minimum absolute atomic E-state index is 0.245. The van der Waals surface area contributed by atoms with Gasteiger partial charge in [-0.2, -0.15) is 5.10 Å². The Morgan fingerprint density at radius 3 is 2.84 bits per heavy atom. The molecule has 1 unspecified atom stereocenters. The number of likely N-dealkylation sites (tertiary alicyclic amines) is 1. The van der Waals surface area contributed by atoms with Crippen LogP contribution in [0.15, 0.2) is 4.52 Å². The lowest BCUT2D eigenvalue weighted by atomic mass is 10.2. The van der Waals surface area contributed by atoms with Crippen molar-refractivity contribution in [3.8, 4) is 0 Å². The monoisotopic (exact) mass is 361 g/mol. The van der Waals surface area contributed by atoms with E-state index in [2.05, 4.69) is 27.1 Å². The predicted molar refractivity (Wildman–Crippen MR) is 94.8 cm³/mol. The van der Waals surface area contributed by atoms with Gasteiger partial charge in [0.2, 0.25) is 4.96 Å². The summed E-state index contributed by atoms with van der Waals surface area (Å²) >= 11 is 1.64. The summed E-state index contributed by atoms with van der Waals surface area (Å²) in [6.07, 6.45) is 1.29. The van der Waals surface area contributed by atoms with Crippen LogP contribution in [0.1, 0.15) is 39.8 Å². The number of hydrogen-bond donors (Lipinski definition) is 0. The summed E-state index contributed by atoms with van der Waals surface area (Å²) in [7, 11) is 0. The van der Waals surface area contributed by atoms with Crippen molar-refractivity contribution in [2.75, 3.05) is 13.1 Å². The first-order valence-electron chi connectivity index (χ1n) is 8.58. The van der Waals surface area contributed by atoms with E-state index in [0.717, 1.165) is 58.7 Å². The van der Waals surface area contributed by atoms with Crippen molar-refractivity contribution in [3.63, 3.8) is 0 Å². The van der Waals surface area contributed by atoms with E-state index in [1.165, 1.54) is 5.69 Å². The normalized spacial score (nSPS) is 18.6. The van der Waals surface area contributed by atoms with Crippen LogP contribution < -0.4 is 0 Å². The Morgan fingerprint density at radius 2 is 2.08 bits per heavy atom. The van der Waals surface area contributed by atoms with E-state index in [4.69, 9.17) is 9.26 Å². The Kier molecular flexibility index (Phi) is 4.35. The number of rotatable bonds is 5. The van der Waals surface area contributed by atoms with Gasteiger partial charge in [0.1, 0.15) is 10.8 Å². The average Bonchev–Trinajstić information content (AvgIpc) is 3.28. The molecule has 0 spiro atoms. The molecule has 1 saturated heterocycles. The highest BCUT2D eigenvalue weighted by Gasteiger charge is 2.26. The van der Waals surface area contributed by atoms with Gasteiger partial charge in [0.15, 0.2) is 0 Å². The third-order valence-corrected chi connectivity index (χ3v) is 5.67. The van der Waals surface area contributed by atoms with E-state index in [1.54, 1.807) is 11.3 Å². The van der Waals surface area contributed by atoms with E-state index in [9.17, 15) is 0 Å². The van der Waals surface area contributed by atoms with Crippen molar-refractivity contribution in [2.45, 2.75) is 53.4 Å². The molecule has 0 aliphatic carbocycles. The first kappa shape index (κ1) is 16.7. The molecule has 1 aliphatic heterocycles. The molecule has 0 radical (unpaired) electrons. The fourth-order valence-electron chi connectivity index (χ4n) is 3.37. The summed E-state index contributed by atoms with van der Waals surface area (Å²) < 4.78 is 13.3. The molecule has 7 nitrogen and oxygen atoms in total. The molecule has 4 heterocycles. The molecule has 25 heavy (non-hydrogen) atoms. The maximum atomic E-state index is 6.10. The minimum Gasteiger partial charge on any atom is -0.372 e. The van der Waals surface area contributed by atoms with E-state index in [0.29, 0.717) is 6.61 Å². The standard InChI is InChI=1S/C17H23N5O2S/c1-10-15(12(3)24-20-10)9-23-14-5-6-21(7-14)8-16-11(2)18-17-22(16)19-13(4)25-17/h14H,5-9H2,1-4H3. The van der Waals surface area contributed by atoms with Crippen LogP contribution in [0.25, 0.3) is 4.96 Å². The van der Waals surface area contributed by atoms with Gasteiger partial charge in [0, 0.05) is 25.2 Å². The molecular weight excluding hydrogens is 338 g/mol. The molecule has 0 N–H and O–H groups in total. The van der Waals surface area contributed by atoms with Crippen LogP contribution in [0.4, 0.5) is 0 Å². The quantitative estimate of drug-likeness (QED) is 0.696. The van der Waals surface area contributed by atoms with Crippen molar-refractivity contribution in [1.29, 1.82) is 0 Å². The molecule has 0 amide bonds. The molecule has 0 saturated carbocycles. The van der Waals surface area contributed by atoms with Gasteiger partial charge in [-0.05, 0) is 34.1 Å². The Bertz CT molecular complexity index is 877. The first-order chi connectivity index (χ1) is 12.0.